The number of rotatable bonds is 9. The van der Waals surface area contributed by atoms with Gasteiger partial charge in [-0.2, -0.15) is 0 Å². The number of hydrogen-bond donors (Lipinski definition) is 1. The number of hydrogen-bond acceptors (Lipinski definition) is 3. The van der Waals surface area contributed by atoms with E-state index < -0.39 is 0 Å². The molecule has 5 heteroatoms. The Labute approximate surface area is 179 Å². The van der Waals surface area contributed by atoms with Crippen molar-refractivity contribution in [1.29, 1.82) is 0 Å². The summed E-state index contributed by atoms with van der Waals surface area (Å²) in [6.45, 7) is 6.85. The first kappa shape index (κ1) is 23.5. The van der Waals surface area contributed by atoms with E-state index in [0.717, 1.165) is 37.7 Å². The largest absolute Gasteiger partial charge is 0.462 e. The van der Waals surface area contributed by atoms with Crippen molar-refractivity contribution in [2.75, 3.05) is 6.61 Å². The van der Waals surface area contributed by atoms with Gasteiger partial charge in [0.25, 0.3) is 0 Å². The highest BCUT2D eigenvalue weighted by molar-refractivity contribution is 6.42. The van der Waals surface area contributed by atoms with Gasteiger partial charge in [0.2, 0.25) is 0 Å². The Kier molecular flexibility index (Phi) is 9.59. The lowest BCUT2D eigenvalue weighted by molar-refractivity contribution is -0.158. The maximum absolute atomic E-state index is 13.2. The average molecular weight is 429 g/mol. The SMILES string of the molecule is CC(C)[C@@H]1CC[C@@H](C)C[C@H]1OC(=O)[C@@H](CCCCCO)c1ccc(Cl)c(Cl)c1. The van der Waals surface area contributed by atoms with Crippen molar-refractivity contribution >= 4 is 29.2 Å². The van der Waals surface area contributed by atoms with E-state index in [2.05, 4.69) is 20.8 Å². The molecule has 1 aliphatic carbocycles. The zero-order valence-corrected chi connectivity index (χ0v) is 18.8. The summed E-state index contributed by atoms with van der Waals surface area (Å²) in [5.74, 6) is 0.994. The Balaban J connectivity index is 2.15. The van der Waals surface area contributed by atoms with Gasteiger partial charge in [-0.25, -0.2) is 0 Å². The minimum Gasteiger partial charge on any atom is -0.462 e. The van der Waals surface area contributed by atoms with Gasteiger partial charge < -0.3 is 9.84 Å². The van der Waals surface area contributed by atoms with Gasteiger partial charge in [-0.15, -0.1) is 0 Å². The predicted octanol–water partition coefficient (Wildman–Crippen LogP) is 6.63. The lowest BCUT2D eigenvalue weighted by Gasteiger charge is -2.37. The van der Waals surface area contributed by atoms with Gasteiger partial charge in [0.05, 0.1) is 16.0 Å². The van der Waals surface area contributed by atoms with Gasteiger partial charge in [-0.1, -0.05) is 69.3 Å². The maximum Gasteiger partial charge on any atom is 0.313 e. The Morgan fingerprint density at radius 1 is 1.18 bits per heavy atom. The lowest BCUT2D eigenvalue weighted by Crippen LogP contribution is -2.37. The number of halogens is 2. The van der Waals surface area contributed by atoms with Crippen LogP contribution in [0.5, 0.6) is 0 Å². The Morgan fingerprint density at radius 2 is 1.93 bits per heavy atom. The third-order valence-electron chi connectivity index (χ3n) is 6.01. The van der Waals surface area contributed by atoms with Crippen LogP contribution in [0, 0.1) is 17.8 Å². The highest BCUT2D eigenvalue weighted by atomic mass is 35.5. The number of carbonyl (C=O) groups is 1. The Hall–Kier alpha value is -0.770. The molecule has 1 N–H and O–H groups in total. The first-order chi connectivity index (χ1) is 13.3. The number of aliphatic hydroxyl groups is 1. The van der Waals surface area contributed by atoms with Gasteiger partial charge >= 0.3 is 5.97 Å². The van der Waals surface area contributed by atoms with Crippen LogP contribution >= 0.6 is 23.2 Å². The Morgan fingerprint density at radius 3 is 2.57 bits per heavy atom. The third kappa shape index (κ3) is 6.64. The molecule has 0 aromatic heterocycles. The van der Waals surface area contributed by atoms with Crippen LogP contribution in [0.3, 0.4) is 0 Å². The zero-order chi connectivity index (χ0) is 20.7. The van der Waals surface area contributed by atoms with Crippen LogP contribution in [-0.2, 0) is 9.53 Å². The van der Waals surface area contributed by atoms with Crippen LogP contribution in [0.2, 0.25) is 10.0 Å². The van der Waals surface area contributed by atoms with E-state index in [4.69, 9.17) is 33.0 Å². The lowest BCUT2D eigenvalue weighted by atomic mass is 9.75. The molecule has 1 saturated carbocycles. The number of benzene rings is 1. The summed E-state index contributed by atoms with van der Waals surface area (Å²) >= 11 is 12.3. The normalized spacial score (nSPS) is 23.6. The molecular weight excluding hydrogens is 395 g/mol. The number of carbonyl (C=O) groups excluding carboxylic acids is 1. The highest BCUT2D eigenvalue weighted by Gasteiger charge is 2.35. The van der Waals surface area contributed by atoms with E-state index in [0.29, 0.717) is 34.2 Å². The van der Waals surface area contributed by atoms with Gasteiger partial charge in [0.15, 0.2) is 0 Å². The summed E-state index contributed by atoms with van der Waals surface area (Å²) in [5.41, 5.74) is 0.855. The highest BCUT2D eigenvalue weighted by Crippen LogP contribution is 2.37. The van der Waals surface area contributed by atoms with Gasteiger partial charge in [-0.05, 0) is 61.1 Å². The minimum atomic E-state index is -0.349. The molecule has 1 aliphatic rings. The fourth-order valence-electron chi connectivity index (χ4n) is 4.27. The molecule has 0 amide bonds. The van der Waals surface area contributed by atoms with Crippen molar-refractivity contribution in [3.63, 3.8) is 0 Å². The topological polar surface area (TPSA) is 46.5 Å². The summed E-state index contributed by atoms with van der Waals surface area (Å²) in [7, 11) is 0. The predicted molar refractivity (Wildman–Crippen MR) is 116 cm³/mol. The van der Waals surface area contributed by atoms with Gasteiger partial charge in [0.1, 0.15) is 6.10 Å². The van der Waals surface area contributed by atoms with E-state index in [-0.39, 0.29) is 24.6 Å². The first-order valence-corrected chi connectivity index (χ1v) is 11.3. The number of ether oxygens (including phenoxy) is 1. The molecule has 158 valence electrons. The van der Waals surface area contributed by atoms with Crippen molar-refractivity contribution in [3.05, 3.63) is 33.8 Å². The maximum atomic E-state index is 13.2. The van der Waals surface area contributed by atoms with Crippen LogP contribution in [0.15, 0.2) is 18.2 Å². The van der Waals surface area contributed by atoms with Crippen LogP contribution in [0.25, 0.3) is 0 Å². The molecule has 0 bridgehead atoms. The summed E-state index contributed by atoms with van der Waals surface area (Å²) in [6.07, 6.45) is 6.42. The molecule has 3 nitrogen and oxygen atoms in total. The molecule has 1 fully saturated rings. The number of esters is 1. The monoisotopic (exact) mass is 428 g/mol. The van der Waals surface area contributed by atoms with E-state index >= 15 is 0 Å². The molecule has 0 radical (unpaired) electrons. The molecule has 0 unspecified atom stereocenters. The average Bonchev–Trinajstić information content (AvgIpc) is 2.64. The minimum absolute atomic E-state index is 0.0148. The standard InChI is InChI=1S/C23H34Cl2O3/c1-15(2)18-10-8-16(3)13-22(18)28-23(27)19(7-5-4-6-12-26)17-9-11-20(24)21(25)14-17/h9,11,14-16,18-19,22,26H,4-8,10,12-13H2,1-3H3/t16-,18+,19+,22-/m1/s1. The number of unbranched alkanes of at least 4 members (excludes halogenated alkanes) is 2. The van der Waals surface area contributed by atoms with Crippen LogP contribution < -0.4 is 0 Å². The second-order valence-electron chi connectivity index (χ2n) is 8.60. The fourth-order valence-corrected chi connectivity index (χ4v) is 4.57. The summed E-state index contributed by atoms with van der Waals surface area (Å²) in [6, 6.07) is 5.40. The molecule has 28 heavy (non-hydrogen) atoms. The van der Waals surface area contributed by atoms with Crippen LogP contribution in [0.4, 0.5) is 0 Å². The second kappa shape index (κ2) is 11.4. The fraction of sp³-hybridized carbons (Fsp3) is 0.696. The summed E-state index contributed by atoms with van der Waals surface area (Å²) < 4.78 is 6.11. The molecule has 1 aromatic carbocycles. The van der Waals surface area contributed by atoms with Crippen molar-refractivity contribution in [1.82, 2.24) is 0 Å². The molecule has 0 aliphatic heterocycles. The van der Waals surface area contributed by atoms with Gasteiger partial charge in [-0.3, -0.25) is 4.79 Å². The number of aliphatic hydroxyl groups excluding tert-OH is 1. The molecule has 2 rings (SSSR count). The first-order valence-electron chi connectivity index (χ1n) is 10.6. The molecule has 4 atom stereocenters. The molecule has 0 saturated heterocycles. The smallest absolute Gasteiger partial charge is 0.313 e. The van der Waals surface area contributed by atoms with Gasteiger partial charge in [0, 0.05) is 6.61 Å². The van der Waals surface area contributed by atoms with Crippen LogP contribution in [-0.4, -0.2) is 23.8 Å². The molecule has 1 aromatic rings. The van der Waals surface area contributed by atoms with E-state index in [9.17, 15) is 4.79 Å². The second-order valence-corrected chi connectivity index (χ2v) is 9.41. The van der Waals surface area contributed by atoms with Crippen molar-refractivity contribution in [2.24, 2.45) is 17.8 Å². The van der Waals surface area contributed by atoms with Crippen molar-refractivity contribution in [2.45, 2.75) is 77.7 Å². The van der Waals surface area contributed by atoms with E-state index in [1.54, 1.807) is 12.1 Å². The summed E-state index contributed by atoms with van der Waals surface area (Å²) in [4.78, 5) is 13.2. The quantitative estimate of drug-likeness (QED) is 0.354. The Bertz CT molecular complexity index is 632. The zero-order valence-electron chi connectivity index (χ0n) is 17.3. The summed E-state index contributed by atoms with van der Waals surface area (Å²) in [5, 5.41) is 9.97. The molecular formula is C23H34Cl2O3. The molecule has 0 spiro atoms. The molecule has 0 heterocycles. The van der Waals surface area contributed by atoms with E-state index in [1.165, 1.54) is 6.42 Å². The van der Waals surface area contributed by atoms with E-state index in [1.807, 2.05) is 6.07 Å². The third-order valence-corrected chi connectivity index (χ3v) is 6.75. The van der Waals surface area contributed by atoms with Crippen molar-refractivity contribution in [3.8, 4) is 0 Å². The van der Waals surface area contributed by atoms with Crippen LogP contribution in [0.1, 0.15) is 77.2 Å². The van der Waals surface area contributed by atoms with Crippen molar-refractivity contribution < 1.29 is 14.6 Å².